The van der Waals surface area contributed by atoms with Gasteiger partial charge in [0.1, 0.15) is 0 Å². The Kier molecular flexibility index (Phi) is 54.8. The fourth-order valence-corrected chi connectivity index (χ4v) is 8.63. The lowest BCUT2D eigenvalue weighted by molar-refractivity contribution is -0.288. The summed E-state index contributed by atoms with van der Waals surface area (Å²) in [6.07, 6.45) is 67.1. The van der Waals surface area contributed by atoms with Crippen LogP contribution in [0.15, 0.2) is 0 Å². The monoisotopic (exact) mass is 821 g/mol. The van der Waals surface area contributed by atoms with E-state index in [0.29, 0.717) is 0 Å². The Labute approximate surface area is 368 Å². The van der Waals surface area contributed by atoms with Crippen LogP contribution in [0.4, 0.5) is 0 Å². The summed E-state index contributed by atoms with van der Waals surface area (Å²) in [7, 11) is 0. The molecule has 0 amide bonds. The molecular weight excluding hydrogens is 709 g/mol. The van der Waals surface area contributed by atoms with Crippen molar-refractivity contribution in [2.45, 2.75) is 335 Å². The minimum atomic E-state index is -0.468. The summed E-state index contributed by atoms with van der Waals surface area (Å²) in [5.74, 6) is 0. The van der Waals surface area contributed by atoms with Gasteiger partial charge in [0.2, 0.25) is 0 Å². The van der Waals surface area contributed by atoms with Gasteiger partial charge < -0.3 is 14.2 Å². The SMILES string of the molecule is CCCCCCCCCCCCCCCCCCOC(OCCCCCCCCCCCCCCCCCC)OCCCCCCCCCCCCCCCCCC. The highest BCUT2D eigenvalue weighted by molar-refractivity contribution is 4.53. The van der Waals surface area contributed by atoms with Gasteiger partial charge in [0, 0.05) is 0 Å². The predicted octanol–water partition coefficient (Wildman–Crippen LogP) is 20.1. The van der Waals surface area contributed by atoms with Crippen molar-refractivity contribution in [2.75, 3.05) is 19.8 Å². The van der Waals surface area contributed by atoms with Gasteiger partial charge in [-0.05, 0) is 19.3 Å². The molecule has 0 atom stereocenters. The molecule has 0 saturated carbocycles. The molecule has 3 nitrogen and oxygen atoms in total. The molecule has 0 aromatic heterocycles. The maximum atomic E-state index is 6.17. The molecular formula is C55H112O3. The maximum Gasteiger partial charge on any atom is 0.271 e. The second-order valence-electron chi connectivity index (χ2n) is 18.8. The lowest BCUT2D eigenvalue weighted by atomic mass is 10.0. The zero-order valence-electron chi connectivity index (χ0n) is 40.9. The Bertz CT molecular complexity index is 592. The van der Waals surface area contributed by atoms with Gasteiger partial charge in [0.05, 0.1) is 19.8 Å². The van der Waals surface area contributed by atoms with Crippen molar-refractivity contribution in [3.8, 4) is 0 Å². The van der Waals surface area contributed by atoms with Crippen molar-refractivity contribution in [3.05, 3.63) is 0 Å². The summed E-state index contributed by atoms with van der Waals surface area (Å²) < 4.78 is 18.5. The molecule has 0 rings (SSSR count). The molecule has 3 heteroatoms. The van der Waals surface area contributed by atoms with Crippen molar-refractivity contribution < 1.29 is 14.2 Å². The lowest BCUT2D eigenvalue weighted by Crippen LogP contribution is -2.23. The predicted molar refractivity (Wildman–Crippen MR) is 260 cm³/mol. The van der Waals surface area contributed by atoms with Crippen LogP contribution in [-0.2, 0) is 14.2 Å². The van der Waals surface area contributed by atoms with Crippen LogP contribution in [0, 0.1) is 0 Å². The lowest BCUT2D eigenvalue weighted by Gasteiger charge is -2.19. The van der Waals surface area contributed by atoms with Gasteiger partial charge in [-0.2, -0.15) is 0 Å². The molecule has 0 spiro atoms. The first-order chi connectivity index (χ1) is 28.8. The van der Waals surface area contributed by atoms with Crippen LogP contribution in [0.5, 0.6) is 0 Å². The minimum Gasteiger partial charge on any atom is -0.330 e. The molecule has 0 aliphatic carbocycles. The first-order valence-electron chi connectivity index (χ1n) is 27.7. The van der Waals surface area contributed by atoms with Crippen molar-refractivity contribution >= 4 is 0 Å². The van der Waals surface area contributed by atoms with Crippen molar-refractivity contribution in [1.82, 2.24) is 0 Å². The Morgan fingerprint density at radius 2 is 0.293 bits per heavy atom. The minimum absolute atomic E-state index is 0.468. The van der Waals surface area contributed by atoms with Gasteiger partial charge in [-0.1, -0.05) is 310 Å². The normalized spacial score (nSPS) is 11.8. The molecule has 0 aromatic rings. The highest BCUT2D eigenvalue weighted by Crippen LogP contribution is 2.17. The quantitative estimate of drug-likeness (QED) is 0.0452. The summed E-state index contributed by atoms with van der Waals surface area (Å²) in [5, 5.41) is 0. The molecule has 0 unspecified atom stereocenters. The Morgan fingerprint density at radius 1 is 0.172 bits per heavy atom. The number of unbranched alkanes of at least 4 members (excludes halogenated alkanes) is 45. The van der Waals surface area contributed by atoms with Gasteiger partial charge in [0.25, 0.3) is 6.48 Å². The van der Waals surface area contributed by atoms with E-state index in [1.807, 2.05) is 0 Å². The van der Waals surface area contributed by atoms with E-state index in [-0.39, 0.29) is 0 Å². The highest BCUT2D eigenvalue weighted by atomic mass is 16.8. The van der Waals surface area contributed by atoms with E-state index in [2.05, 4.69) is 20.8 Å². The van der Waals surface area contributed by atoms with E-state index in [9.17, 15) is 0 Å². The van der Waals surface area contributed by atoms with E-state index in [4.69, 9.17) is 14.2 Å². The van der Waals surface area contributed by atoms with Crippen molar-refractivity contribution in [2.24, 2.45) is 0 Å². The molecule has 0 radical (unpaired) electrons. The van der Waals surface area contributed by atoms with Gasteiger partial charge in [-0.15, -0.1) is 0 Å². The Balaban J connectivity index is 3.95. The van der Waals surface area contributed by atoms with Gasteiger partial charge in [-0.3, -0.25) is 0 Å². The molecule has 0 aliphatic rings. The average molecular weight is 821 g/mol. The first kappa shape index (κ1) is 57.9. The molecule has 0 heterocycles. The van der Waals surface area contributed by atoms with Crippen LogP contribution in [0.3, 0.4) is 0 Å². The van der Waals surface area contributed by atoms with Crippen LogP contribution >= 0.6 is 0 Å². The third-order valence-corrected chi connectivity index (χ3v) is 12.8. The second kappa shape index (κ2) is 54.9. The molecule has 0 bridgehead atoms. The third kappa shape index (κ3) is 52.0. The smallest absolute Gasteiger partial charge is 0.271 e. The standard InChI is InChI=1S/C55H112O3/c1-4-7-10-13-16-19-22-25-28-31-34-37-40-43-46-49-52-56-55(57-53-50-47-44-41-38-35-32-29-26-23-20-17-14-11-8-5-2)58-54-51-48-45-42-39-36-33-30-27-24-21-18-15-12-9-6-3/h55H,4-54H2,1-3H3. The average Bonchev–Trinajstić information content (AvgIpc) is 3.23. The summed E-state index contributed by atoms with van der Waals surface area (Å²) in [4.78, 5) is 0. The van der Waals surface area contributed by atoms with E-state index in [1.54, 1.807) is 0 Å². The number of ether oxygens (including phenoxy) is 3. The first-order valence-corrected chi connectivity index (χ1v) is 27.7. The van der Waals surface area contributed by atoms with Crippen molar-refractivity contribution in [3.63, 3.8) is 0 Å². The Hall–Kier alpha value is -0.120. The maximum absolute atomic E-state index is 6.17. The molecule has 0 aromatic carbocycles. The zero-order valence-corrected chi connectivity index (χ0v) is 40.9. The largest absolute Gasteiger partial charge is 0.330 e. The number of rotatable bonds is 54. The van der Waals surface area contributed by atoms with E-state index >= 15 is 0 Å². The summed E-state index contributed by atoms with van der Waals surface area (Å²) >= 11 is 0. The van der Waals surface area contributed by atoms with E-state index in [1.165, 1.54) is 289 Å². The van der Waals surface area contributed by atoms with Crippen molar-refractivity contribution in [1.29, 1.82) is 0 Å². The summed E-state index contributed by atoms with van der Waals surface area (Å²) in [6, 6.07) is 0. The van der Waals surface area contributed by atoms with Gasteiger partial charge >= 0.3 is 0 Å². The van der Waals surface area contributed by atoms with Gasteiger partial charge in [-0.25, -0.2) is 0 Å². The topological polar surface area (TPSA) is 27.7 Å². The fourth-order valence-electron chi connectivity index (χ4n) is 8.63. The highest BCUT2D eigenvalue weighted by Gasteiger charge is 2.10. The Morgan fingerprint density at radius 3 is 0.431 bits per heavy atom. The van der Waals surface area contributed by atoms with Crippen LogP contribution in [-0.4, -0.2) is 26.3 Å². The number of hydrogen-bond donors (Lipinski definition) is 0. The molecule has 0 aliphatic heterocycles. The molecule has 0 N–H and O–H groups in total. The number of hydrogen-bond acceptors (Lipinski definition) is 3. The van der Waals surface area contributed by atoms with E-state index in [0.717, 1.165) is 39.1 Å². The van der Waals surface area contributed by atoms with E-state index < -0.39 is 6.48 Å². The fraction of sp³-hybridized carbons (Fsp3) is 1.00. The third-order valence-electron chi connectivity index (χ3n) is 12.8. The van der Waals surface area contributed by atoms with Crippen LogP contribution in [0.2, 0.25) is 0 Å². The zero-order chi connectivity index (χ0) is 41.8. The molecule has 350 valence electrons. The summed E-state index contributed by atoms with van der Waals surface area (Å²) in [5.41, 5.74) is 0. The van der Waals surface area contributed by atoms with Gasteiger partial charge in [0.15, 0.2) is 0 Å². The van der Waals surface area contributed by atoms with Crippen LogP contribution in [0.1, 0.15) is 329 Å². The molecule has 0 fully saturated rings. The van der Waals surface area contributed by atoms with Crippen LogP contribution < -0.4 is 0 Å². The summed E-state index contributed by atoms with van der Waals surface area (Å²) in [6.45, 7) is 8.75. The second-order valence-corrected chi connectivity index (χ2v) is 18.8. The molecule has 58 heavy (non-hydrogen) atoms. The van der Waals surface area contributed by atoms with Crippen LogP contribution in [0.25, 0.3) is 0 Å². The molecule has 0 saturated heterocycles.